The van der Waals surface area contributed by atoms with Gasteiger partial charge in [0.2, 0.25) is 0 Å². The average Bonchev–Trinajstić information content (AvgIpc) is 3.09. The highest BCUT2D eigenvalue weighted by atomic mass is 32.2. The molecule has 1 aliphatic carbocycles. The Morgan fingerprint density at radius 3 is 3.10 bits per heavy atom. The van der Waals surface area contributed by atoms with Crippen molar-refractivity contribution >= 4 is 34.0 Å². The number of carbonyl (C=O) groups is 1. The minimum atomic E-state index is -0.166. The Morgan fingerprint density at radius 1 is 1.48 bits per heavy atom. The zero-order chi connectivity index (χ0) is 14.7. The maximum absolute atomic E-state index is 11.8. The second kappa shape index (κ2) is 6.62. The second-order valence-electron chi connectivity index (χ2n) is 5.03. The molecule has 0 atom stereocenters. The van der Waals surface area contributed by atoms with Crippen LogP contribution in [-0.4, -0.2) is 27.2 Å². The Bertz CT molecular complexity index is 689. The number of carbonyl (C=O) groups excluding carboxylic acids is 1. The largest absolute Gasteiger partial charge is 0.462 e. The Morgan fingerprint density at radius 2 is 2.29 bits per heavy atom. The highest BCUT2D eigenvalue weighted by molar-refractivity contribution is 7.99. The monoisotopic (exact) mass is 324 g/mol. The van der Waals surface area contributed by atoms with Crippen LogP contribution in [0.3, 0.4) is 0 Å². The lowest BCUT2D eigenvalue weighted by Gasteiger charge is -2.10. The van der Waals surface area contributed by atoms with Gasteiger partial charge in [-0.05, 0) is 25.7 Å². The van der Waals surface area contributed by atoms with Crippen molar-refractivity contribution in [2.75, 3.05) is 5.75 Å². The zero-order valence-corrected chi connectivity index (χ0v) is 13.1. The third kappa shape index (κ3) is 3.65. The van der Waals surface area contributed by atoms with Crippen molar-refractivity contribution in [3.63, 3.8) is 0 Å². The van der Waals surface area contributed by atoms with Gasteiger partial charge in [0.05, 0.1) is 11.4 Å². The van der Waals surface area contributed by atoms with Crippen LogP contribution in [-0.2, 0) is 15.3 Å². The summed E-state index contributed by atoms with van der Waals surface area (Å²) in [6.07, 6.45) is 6.11. The number of esters is 1. The van der Waals surface area contributed by atoms with E-state index in [1.807, 2.05) is 5.38 Å². The third-order valence-corrected chi connectivity index (χ3v) is 5.12. The van der Waals surface area contributed by atoms with Gasteiger partial charge in [0, 0.05) is 23.4 Å². The number of nitrogens with zero attached hydrogens (tertiary/aromatic N) is 2. The van der Waals surface area contributed by atoms with Crippen molar-refractivity contribution in [2.45, 2.75) is 37.5 Å². The van der Waals surface area contributed by atoms with Crippen molar-refractivity contribution in [1.82, 2.24) is 9.38 Å². The van der Waals surface area contributed by atoms with Gasteiger partial charge in [0.25, 0.3) is 5.56 Å². The van der Waals surface area contributed by atoms with Crippen LogP contribution >= 0.6 is 23.1 Å². The van der Waals surface area contributed by atoms with Gasteiger partial charge >= 0.3 is 5.97 Å². The maximum Gasteiger partial charge on any atom is 0.316 e. The summed E-state index contributed by atoms with van der Waals surface area (Å²) in [4.78, 5) is 28.6. The molecular formula is C14H16N2O3S2. The van der Waals surface area contributed by atoms with Crippen LogP contribution < -0.4 is 5.56 Å². The van der Waals surface area contributed by atoms with Gasteiger partial charge in [-0.2, -0.15) is 0 Å². The van der Waals surface area contributed by atoms with Crippen LogP contribution in [0.25, 0.3) is 4.96 Å². The number of aromatic nitrogens is 2. The van der Waals surface area contributed by atoms with Crippen molar-refractivity contribution in [3.05, 3.63) is 33.7 Å². The lowest BCUT2D eigenvalue weighted by molar-refractivity contribution is -0.145. The van der Waals surface area contributed by atoms with E-state index in [-0.39, 0.29) is 17.6 Å². The number of fused-ring (bicyclic) bond motifs is 1. The molecule has 0 saturated heterocycles. The number of hydrogen-bond donors (Lipinski definition) is 0. The molecule has 2 heterocycles. The Labute approximate surface area is 130 Å². The summed E-state index contributed by atoms with van der Waals surface area (Å²) < 4.78 is 6.91. The zero-order valence-electron chi connectivity index (χ0n) is 11.5. The Hall–Kier alpha value is -1.34. The topological polar surface area (TPSA) is 60.7 Å². The van der Waals surface area contributed by atoms with E-state index in [4.69, 9.17) is 4.74 Å². The van der Waals surface area contributed by atoms with Gasteiger partial charge in [0.15, 0.2) is 4.96 Å². The van der Waals surface area contributed by atoms with Crippen LogP contribution in [0.5, 0.6) is 0 Å². The molecule has 3 rings (SSSR count). The normalized spacial score (nSPS) is 15.6. The number of thioether (sulfide) groups is 1. The van der Waals surface area contributed by atoms with Gasteiger partial charge < -0.3 is 4.74 Å². The molecule has 2 aromatic heterocycles. The van der Waals surface area contributed by atoms with Gasteiger partial charge in [-0.15, -0.1) is 23.1 Å². The Kier molecular flexibility index (Phi) is 4.60. The number of hydrogen-bond acceptors (Lipinski definition) is 6. The molecule has 0 bridgehead atoms. The smallest absolute Gasteiger partial charge is 0.316 e. The highest BCUT2D eigenvalue weighted by Gasteiger charge is 2.19. The van der Waals surface area contributed by atoms with Crippen molar-refractivity contribution in [1.29, 1.82) is 0 Å². The van der Waals surface area contributed by atoms with E-state index < -0.39 is 0 Å². The van der Waals surface area contributed by atoms with Crippen molar-refractivity contribution in [2.24, 2.45) is 0 Å². The summed E-state index contributed by atoms with van der Waals surface area (Å²) in [6.45, 7) is 0. The molecule has 1 saturated carbocycles. The summed E-state index contributed by atoms with van der Waals surface area (Å²) in [7, 11) is 0. The molecule has 0 N–H and O–H groups in total. The summed E-state index contributed by atoms with van der Waals surface area (Å²) >= 11 is 2.86. The van der Waals surface area contributed by atoms with E-state index in [2.05, 4.69) is 4.98 Å². The van der Waals surface area contributed by atoms with Crippen LogP contribution in [0.1, 0.15) is 31.4 Å². The first-order valence-corrected chi connectivity index (χ1v) is 8.99. The minimum absolute atomic E-state index is 0.0783. The molecule has 2 aromatic rings. The molecule has 21 heavy (non-hydrogen) atoms. The van der Waals surface area contributed by atoms with Crippen LogP contribution in [0.4, 0.5) is 0 Å². The first-order chi connectivity index (χ1) is 10.2. The minimum Gasteiger partial charge on any atom is -0.462 e. The van der Waals surface area contributed by atoms with Gasteiger partial charge in [-0.25, -0.2) is 4.98 Å². The quantitative estimate of drug-likeness (QED) is 0.791. The first-order valence-electron chi connectivity index (χ1n) is 6.95. The fraction of sp³-hybridized carbons (Fsp3) is 0.500. The number of rotatable bonds is 5. The van der Waals surface area contributed by atoms with Crippen LogP contribution in [0.2, 0.25) is 0 Å². The molecule has 1 aliphatic rings. The van der Waals surface area contributed by atoms with Crippen LogP contribution in [0.15, 0.2) is 22.4 Å². The summed E-state index contributed by atoms with van der Waals surface area (Å²) in [5, 5.41) is 1.83. The van der Waals surface area contributed by atoms with E-state index in [0.717, 1.165) is 25.7 Å². The SMILES string of the molecule is O=C(CSCc1cc(=O)n2ccsc2n1)OC1CCCC1. The molecule has 0 aliphatic heterocycles. The predicted octanol–water partition coefficient (Wildman–Crippen LogP) is 2.48. The van der Waals surface area contributed by atoms with Crippen LogP contribution in [0, 0.1) is 0 Å². The molecule has 0 radical (unpaired) electrons. The lowest BCUT2D eigenvalue weighted by Crippen LogP contribution is -2.16. The summed E-state index contributed by atoms with van der Waals surface area (Å²) in [5.41, 5.74) is 0.631. The molecule has 112 valence electrons. The summed E-state index contributed by atoms with van der Waals surface area (Å²) in [5.74, 6) is 0.687. The molecule has 0 amide bonds. The van der Waals surface area contributed by atoms with Crippen molar-refractivity contribution < 1.29 is 9.53 Å². The first kappa shape index (κ1) is 14.6. The summed E-state index contributed by atoms with van der Waals surface area (Å²) in [6, 6.07) is 1.52. The fourth-order valence-corrected chi connectivity index (χ4v) is 3.86. The van der Waals surface area contributed by atoms with E-state index in [1.165, 1.54) is 33.6 Å². The molecule has 7 heteroatoms. The fourth-order valence-electron chi connectivity index (χ4n) is 2.43. The standard InChI is InChI=1S/C14H16N2O3S2/c17-12-7-10(15-14-16(12)5-6-21-14)8-20-9-13(18)19-11-3-1-2-4-11/h5-7,11H,1-4,8-9H2. The van der Waals surface area contributed by atoms with E-state index in [0.29, 0.717) is 22.2 Å². The van der Waals surface area contributed by atoms with Gasteiger partial charge in [-0.3, -0.25) is 14.0 Å². The molecule has 1 fully saturated rings. The molecule has 0 unspecified atom stereocenters. The number of ether oxygens (including phenoxy) is 1. The molecule has 0 aromatic carbocycles. The van der Waals surface area contributed by atoms with E-state index in [9.17, 15) is 9.59 Å². The van der Waals surface area contributed by atoms with Gasteiger partial charge in [0.1, 0.15) is 6.10 Å². The molecular weight excluding hydrogens is 308 g/mol. The van der Waals surface area contributed by atoms with Gasteiger partial charge in [-0.1, -0.05) is 0 Å². The second-order valence-corrected chi connectivity index (χ2v) is 6.89. The Balaban J connectivity index is 1.51. The predicted molar refractivity (Wildman–Crippen MR) is 83.8 cm³/mol. The average molecular weight is 324 g/mol. The number of thiazole rings is 1. The third-order valence-electron chi connectivity index (χ3n) is 3.43. The molecule has 0 spiro atoms. The van der Waals surface area contributed by atoms with Crippen molar-refractivity contribution in [3.8, 4) is 0 Å². The molecule has 5 nitrogen and oxygen atoms in total. The maximum atomic E-state index is 11.8. The van der Waals surface area contributed by atoms with E-state index in [1.54, 1.807) is 6.20 Å². The lowest BCUT2D eigenvalue weighted by atomic mass is 10.3. The highest BCUT2D eigenvalue weighted by Crippen LogP contribution is 2.21. The van der Waals surface area contributed by atoms with E-state index >= 15 is 0 Å².